The molecule has 0 aromatic heterocycles. The molecule has 0 nitrogen and oxygen atoms in total. The maximum absolute atomic E-state index is 2.49. The van der Waals surface area contributed by atoms with Crippen molar-refractivity contribution >= 4 is 35.6 Å². The van der Waals surface area contributed by atoms with Gasteiger partial charge < -0.3 is 0 Å². The van der Waals surface area contributed by atoms with Crippen LogP contribution in [0.15, 0.2) is 102 Å². The van der Waals surface area contributed by atoms with Gasteiger partial charge in [0.1, 0.15) is 23.2 Å². The molecule has 0 radical (unpaired) electrons. The van der Waals surface area contributed by atoms with Crippen molar-refractivity contribution in [3.8, 4) is 0 Å². The number of allylic oxidation sites excluding steroid dienone is 1. The zero-order valence-electron chi connectivity index (χ0n) is 14.1. The Labute approximate surface area is 152 Å². The molecule has 3 rings (SSSR count). The Morgan fingerprint density at radius 1 is 0.583 bits per heavy atom. The number of halogens is 1. The van der Waals surface area contributed by atoms with Crippen molar-refractivity contribution in [2.24, 2.45) is 0 Å². The van der Waals surface area contributed by atoms with Crippen LogP contribution in [-0.2, 0) is 0 Å². The van der Waals surface area contributed by atoms with Crippen LogP contribution in [0.2, 0.25) is 0 Å². The van der Waals surface area contributed by atoms with E-state index in [2.05, 4.69) is 111 Å². The van der Waals surface area contributed by atoms with Gasteiger partial charge in [0.15, 0.2) is 0 Å². The van der Waals surface area contributed by atoms with Gasteiger partial charge in [0.25, 0.3) is 0 Å². The van der Waals surface area contributed by atoms with Gasteiger partial charge in [0.2, 0.25) is 0 Å². The molecule has 0 atom stereocenters. The van der Waals surface area contributed by atoms with E-state index in [1.807, 2.05) is 0 Å². The molecule has 0 unspecified atom stereocenters. The van der Waals surface area contributed by atoms with E-state index in [4.69, 9.17) is 0 Å². The fourth-order valence-electron chi connectivity index (χ4n) is 3.05. The van der Waals surface area contributed by atoms with Crippen LogP contribution in [-0.4, -0.2) is 0 Å². The molecule has 0 fully saturated rings. The van der Waals surface area contributed by atoms with Crippen LogP contribution in [0.25, 0.3) is 0 Å². The topological polar surface area (TPSA) is 0 Å². The summed E-state index contributed by atoms with van der Waals surface area (Å²) >= 11 is 0. The predicted molar refractivity (Wildman–Crippen MR) is 112 cm³/mol. The summed E-state index contributed by atoms with van der Waals surface area (Å²) in [6.07, 6.45) is 0. The first-order valence-corrected chi connectivity index (χ1v) is 9.81. The lowest BCUT2D eigenvalue weighted by atomic mass is 10.3. The van der Waals surface area contributed by atoms with Gasteiger partial charge in [0, 0.05) is 0 Å². The first kappa shape index (κ1) is 18.5. The quantitative estimate of drug-likeness (QED) is 0.556. The van der Waals surface area contributed by atoms with Crippen LogP contribution in [0.4, 0.5) is 0 Å². The van der Waals surface area contributed by atoms with Gasteiger partial charge in [-0.1, -0.05) is 54.6 Å². The third kappa shape index (κ3) is 3.61. The summed E-state index contributed by atoms with van der Waals surface area (Å²) in [5.74, 6) is 2.49. The number of hydrogen-bond acceptors (Lipinski definition) is 0. The second kappa shape index (κ2) is 8.29. The number of benzene rings is 3. The zero-order valence-corrected chi connectivity index (χ0v) is 15.8. The Morgan fingerprint density at radius 3 is 1.12 bits per heavy atom. The molecule has 0 amide bonds. The Bertz CT molecular complexity index is 679. The molecule has 0 saturated heterocycles. The molecule has 0 spiro atoms. The Morgan fingerprint density at radius 2 is 0.875 bits per heavy atom. The summed E-state index contributed by atoms with van der Waals surface area (Å²) < 4.78 is 0. The van der Waals surface area contributed by atoms with Crippen molar-refractivity contribution in [2.75, 3.05) is 0 Å². The van der Waals surface area contributed by atoms with Gasteiger partial charge in [-0.2, -0.15) is 0 Å². The minimum Gasteiger partial charge on any atom is -0.147 e. The molecule has 0 aliphatic rings. The highest BCUT2D eigenvalue weighted by Gasteiger charge is 2.43. The van der Waals surface area contributed by atoms with E-state index >= 15 is 0 Å². The van der Waals surface area contributed by atoms with E-state index < -0.39 is 7.26 Å². The molecule has 24 heavy (non-hydrogen) atoms. The molecular formula is C22H23ClP+. The van der Waals surface area contributed by atoms with Crippen LogP contribution >= 0.6 is 19.7 Å². The van der Waals surface area contributed by atoms with Crippen LogP contribution in [0, 0.1) is 0 Å². The van der Waals surface area contributed by atoms with E-state index in [1.54, 1.807) is 0 Å². The van der Waals surface area contributed by atoms with E-state index in [-0.39, 0.29) is 12.4 Å². The Kier molecular flexibility index (Phi) is 6.37. The van der Waals surface area contributed by atoms with Crippen molar-refractivity contribution in [1.82, 2.24) is 0 Å². The lowest BCUT2D eigenvalue weighted by Crippen LogP contribution is -2.29. The van der Waals surface area contributed by atoms with Crippen molar-refractivity contribution in [3.05, 3.63) is 102 Å². The third-order valence-electron chi connectivity index (χ3n) is 3.94. The first-order chi connectivity index (χ1) is 11.2. The van der Waals surface area contributed by atoms with Crippen molar-refractivity contribution in [2.45, 2.75) is 13.8 Å². The largest absolute Gasteiger partial charge is 0.147 e. The van der Waals surface area contributed by atoms with E-state index in [0.717, 1.165) is 0 Å². The van der Waals surface area contributed by atoms with Crippen LogP contribution in [0.5, 0.6) is 0 Å². The Hall–Kier alpha value is -1.88. The molecule has 0 aliphatic carbocycles. The second-order valence-electron chi connectivity index (χ2n) is 5.94. The van der Waals surface area contributed by atoms with Crippen LogP contribution in [0.3, 0.4) is 0 Å². The summed E-state index contributed by atoms with van der Waals surface area (Å²) in [5.41, 5.74) is 1.36. The van der Waals surface area contributed by atoms with Crippen LogP contribution < -0.4 is 15.9 Å². The molecule has 3 aromatic rings. The number of hydrogen-bond donors (Lipinski definition) is 0. The van der Waals surface area contributed by atoms with Gasteiger partial charge in [-0.3, -0.25) is 0 Å². The van der Waals surface area contributed by atoms with Gasteiger partial charge in [0.05, 0.1) is 5.82 Å². The van der Waals surface area contributed by atoms with Gasteiger partial charge in [-0.05, 0) is 55.8 Å². The zero-order chi connectivity index (χ0) is 16.1. The van der Waals surface area contributed by atoms with E-state index in [0.29, 0.717) is 0 Å². The van der Waals surface area contributed by atoms with Crippen molar-refractivity contribution < 1.29 is 0 Å². The first-order valence-electron chi connectivity index (χ1n) is 7.95. The van der Waals surface area contributed by atoms with E-state index in [9.17, 15) is 0 Å². The fraction of sp³-hybridized carbons (Fsp3) is 0.0909. The highest BCUT2D eigenvalue weighted by Crippen LogP contribution is 2.57. The third-order valence-corrected chi connectivity index (χ3v) is 8.18. The Balaban J connectivity index is 0.00000208. The molecule has 0 heterocycles. The van der Waals surface area contributed by atoms with Gasteiger partial charge in [-0.15, -0.1) is 12.4 Å². The standard InChI is InChI=1S/C22H22P.ClH/c1-19(2)18-23(20-12-6-3-7-13-20,21-14-8-4-9-15-21)22-16-10-5-11-17-22;/h3-18H,1-2H3;1H/q+1;. The summed E-state index contributed by atoms with van der Waals surface area (Å²) in [4.78, 5) is 0. The molecule has 0 N–H and O–H groups in total. The smallest absolute Gasteiger partial charge is 0.136 e. The van der Waals surface area contributed by atoms with Gasteiger partial charge >= 0.3 is 0 Å². The maximum atomic E-state index is 2.49. The molecule has 3 aromatic carbocycles. The minimum atomic E-state index is -1.77. The van der Waals surface area contributed by atoms with Crippen molar-refractivity contribution in [3.63, 3.8) is 0 Å². The molecule has 2 heteroatoms. The van der Waals surface area contributed by atoms with E-state index in [1.165, 1.54) is 21.5 Å². The lowest BCUT2D eigenvalue weighted by molar-refractivity contribution is 1.41. The molecule has 0 aliphatic heterocycles. The SMILES string of the molecule is CC(C)=C[P+](c1ccccc1)(c1ccccc1)c1ccccc1.Cl. The molecule has 122 valence electrons. The van der Waals surface area contributed by atoms with Gasteiger partial charge in [-0.25, -0.2) is 0 Å². The molecule has 0 bridgehead atoms. The second-order valence-corrected chi connectivity index (χ2v) is 9.19. The summed E-state index contributed by atoms with van der Waals surface area (Å²) in [6, 6.07) is 32.8. The lowest BCUT2D eigenvalue weighted by Gasteiger charge is -2.24. The summed E-state index contributed by atoms with van der Waals surface area (Å²) in [6.45, 7) is 4.40. The maximum Gasteiger partial charge on any atom is 0.136 e. The predicted octanol–water partition coefficient (Wildman–Crippen LogP) is 5.33. The average Bonchev–Trinajstić information content (AvgIpc) is 2.62. The highest BCUT2D eigenvalue weighted by molar-refractivity contribution is 7.98. The number of rotatable bonds is 4. The molecular weight excluding hydrogens is 331 g/mol. The normalized spacial score (nSPS) is 10.6. The van der Waals surface area contributed by atoms with Crippen molar-refractivity contribution in [1.29, 1.82) is 0 Å². The molecule has 0 saturated carbocycles. The fourth-order valence-corrected chi connectivity index (χ4v) is 7.09. The average molecular weight is 354 g/mol. The monoisotopic (exact) mass is 353 g/mol. The summed E-state index contributed by atoms with van der Waals surface area (Å²) in [5, 5.41) is 4.20. The van der Waals surface area contributed by atoms with Crippen LogP contribution in [0.1, 0.15) is 13.8 Å². The minimum absolute atomic E-state index is 0. The highest BCUT2D eigenvalue weighted by atomic mass is 35.5. The summed E-state index contributed by atoms with van der Waals surface area (Å²) in [7, 11) is -1.77.